The Balaban J connectivity index is 1.67. The maximum atomic E-state index is 11.9. The molecule has 1 atom stereocenters. The lowest BCUT2D eigenvalue weighted by Gasteiger charge is -2.33. The largest absolute Gasteiger partial charge is 0.444 e. The maximum absolute atomic E-state index is 11.9. The molecule has 7 nitrogen and oxygen atoms in total. The van der Waals surface area contributed by atoms with E-state index in [1.165, 1.54) is 0 Å². The molecule has 0 radical (unpaired) electrons. The van der Waals surface area contributed by atoms with Gasteiger partial charge in [0.15, 0.2) is 5.65 Å². The van der Waals surface area contributed by atoms with Gasteiger partial charge in [0.25, 0.3) is 0 Å². The van der Waals surface area contributed by atoms with Crippen LogP contribution in [0.2, 0.25) is 5.15 Å². The normalized spacial score (nSPS) is 18.7. The van der Waals surface area contributed by atoms with Gasteiger partial charge >= 0.3 is 6.09 Å². The van der Waals surface area contributed by atoms with E-state index in [0.717, 1.165) is 30.9 Å². The molecule has 2 aromatic rings. The summed E-state index contributed by atoms with van der Waals surface area (Å²) in [5.74, 6) is 0.746. The number of fused-ring (bicyclic) bond motifs is 1. The number of H-pyrrole nitrogens is 1. The summed E-state index contributed by atoms with van der Waals surface area (Å²) in [6.45, 7) is 7.11. The molecule has 1 amide bonds. The van der Waals surface area contributed by atoms with E-state index < -0.39 is 5.60 Å². The van der Waals surface area contributed by atoms with Crippen molar-refractivity contribution in [3.63, 3.8) is 0 Å². The number of halogens is 1. The number of pyridine rings is 1. The second-order valence-electron chi connectivity index (χ2n) is 7.00. The number of alkyl carbamates (subject to hydrolysis) is 1. The summed E-state index contributed by atoms with van der Waals surface area (Å²) in [7, 11) is 0. The van der Waals surface area contributed by atoms with E-state index >= 15 is 0 Å². The fourth-order valence-electron chi connectivity index (χ4n) is 2.77. The molecule has 24 heavy (non-hydrogen) atoms. The third-order valence-electron chi connectivity index (χ3n) is 3.74. The Morgan fingerprint density at radius 2 is 2.21 bits per heavy atom. The van der Waals surface area contributed by atoms with Crippen molar-refractivity contribution >= 4 is 34.8 Å². The third-order valence-corrected chi connectivity index (χ3v) is 3.95. The quantitative estimate of drug-likeness (QED) is 0.812. The molecule has 0 saturated carbocycles. The Hall–Kier alpha value is -2.02. The van der Waals surface area contributed by atoms with Crippen molar-refractivity contribution in [1.82, 2.24) is 20.3 Å². The van der Waals surface area contributed by atoms with E-state index in [4.69, 9.17) is 16.3 Å². The van der Waals surface area contributed by atoms with Crippen molar-refractivity contribution in [2.24, 2.45) is 0 Å². The molecule has 3 heterocycles. The zero-order chi connectivity index (χ0) is 17.3. The molecule has 0 bridgehead atoms. The molecule has 0 aliphatic carbocycles. The lowest BCUT2D eigenvalue weighted by molar-refractivity contribution is 0.0500. The Labute approximate surface area is 145 Å². The minimum atomic E-state index is -0.498. The number of amides is 1. The summed E-state index contributed by atoms with van der Waals surface area (Å²) in [4.78, 5) is 26.0. The van der Waals surface area contributed by atoms with E-state index in [-0.39, 0.29) is 12.1 Å². The molecule has 8 heteroatoms. The van der Waals surface area contributed by atoms with E-state index in [1.54, 1.807) is 6.07 Å². The topological polar surface area (TPSA) is 83.1 Å². The van der Waals surface area contributed by atoms with Gasteiger partial charge in [-0.05, 0) is 45.7 Å². The van der Waals surface area contributed by atoms with Crippen LogP contribution in [-0.4, -0.2) is 45.8 Å². The lowest BCUT2D eigenvalue weighted by atomic mass is 10.1. The van der Waals surface area contributed by atoms with Crippen LogP contribution in [0.5, 0.6) is 0 Å². The number of imidazole rings is 1. The number of piperidine rings is 1. The summed E-state index contributed by atoms with van der Waals surface area (Å²) < 4.78 is 5.33. The average Bonchev–Trinajstić information content (AvgIpc) is 2.88. The fourth-order valence-corrected chi connectivity index (χ4v) is 2.91. The van der Waals surface area contributed by atoms with Crippen molar-refractivity contribution < 1.29 is 9.53 Å². The standard InChI is InChI=1S/C16H22ClN5O2/c1-16(2,3)24-15(23)18-10-5-4-8-22(9-10)14-19-11-6-7-12(17)20-13(11)21-14/h6-7,10H,4-5,8-9H2,1-3H3,(H,18,23)(H,19,20,21). The number of nitrogens with zero attached hydrogens (tertiary/aromatic N) is 3. The number of aromatic nitrogens is 3. The van der Waals surface area contributed by atoms with Gasteiger partial charge in [0.1, 0.15) is 10.8 Å². The van der Waals surface area contributed by atoms with Gasteiger partial charge in [0, 0.05) is 19.1 Å². The van der Waals surface area contributed by atoms with Crippen LogP contribution >= 0.6 is 11.6 Å². The molecule has 1 aliphatic heterocycles. The predicted octanol–water partition coefficient (Wildman–Crippen LogP) is 3.10. The van der Waals surface area contributed by atoms with Crippen molar-refractivity contribution in [1.29, 1.82) is 0 Å². The van der Waals surface area contributed by atoms with E-state index in [9.17, 15) is 4.79 Å². The van der Waals surface area contributed by atoms with Crippen molar-refractivity contribution in [2.75, 3.05) is 18.0 Å². The molecule has 0 spiro atoms. The van der Waals surface area contributed by atoms with Gasteiger partial charge in [-0.15, -0.1) is 0 Å². The van der Waals surface area contributed by atoms with Crippen LogP contribution in [0.1, 0.15) is 33.6 Å². The first kappa shape index (κ1) is 16.8. The minimum Gasteiger partial charge on any atom is -0.444 e. The number of aromatic amines is 1. The summed E-state index contributed by atoms with van der Waals surface area (Å²) in [6.07, 6.45) is 1.50. The lowest BCUT2D eigenvalue weighted by Crippen LogP contribution is -2.49. The number of ether oxygens (including phenoxy) is 1. The molecular formula is C16H22ClN5O2. The Morgan fingerprint density at radius 1 is 1.42 bits per heavy atom. The van der Waals surface area contributed by atoms with Crippen molar-refractivity contribution in [3.05, 3.63) is 17.3 Å². The van der Waals surface area contributed by atoms with Crippen LogP contribution in [0.3, 0.4) is 0 Å². The number of carbonyl (C=O) groups excluding carboxylic acids is 1. The molecule has 1 aliphatic rings. The first-order valence-corrected chi connectivity index (χ1v) is 8.45. The Bertz CT molecular complexity index is 740. The Morgan fingerprint density at radius 3 is 2.96 bits per heavy atom. The van der Waals surface area contributed by atoms with E-state index in [2.05, 4.69) is 25.2 Å². The first-order valence-electron chi connectivity index (χ1n) is 8.07. The monoisotopic (exact) mass is 351 g/mol. The molecule has 1 unspecified atom stereocenters. The van der Waals surface area contributed by atoms with Crippen molar-refractivity contribution in [2.45, 2.75) is 45.3 Å². The zero-order valence-corrected chi connectivity index (χ0v) is 14.9. The summed E-state index contributed by atoms with van der Waals surface area (Å²) in [5.41, 5.74) is 0.943. The average molecular weight is 352 g/mol. The molecule has 1 fully saturated rings. The summed E-state index contributed by atoms with van der Waals surface area (Å²) >= 11 is 5.91. The molecule has 2 N–H and O–H groups in total. The zero-order valence-electron chi connectivity index (χ0n) is 14.1. The highest BCUT2D eigenvalue weighted by Crippen LogP contribution is 2.21. The number of hydrogen-bond acceptors (Lipinski definition) is 5. The number of carbonyl (C=O) groups is 1. The number of anilines is 1. The van der Waals surface area contributed by atoms with Crippen LogP contribution in [0.4, 0.5) is 10.7 Å². The number of nitrogens with one attached hydrogen (secondary N) is 2. The van der Waals surface area contributed by atoms with Gasteiger partial charge in [0.2, 0.25) is 5.95 Å². The third kappa shape index (κ3) is 4.08. The first-order chi connectivity index (χ1) is 11.3. The summed E-state index contributed by atoms with van der Waals surface area (Å²) in [6, 6.07) is 3.62. The number of hydrogen-bond donors (Lipinski definition) is 2. The van der Waals surface area contributed by atoms with Gasteiger partial charge in [-0.2, -0.15) is 4.98 Å². The van der Waals surface area contributed by atoms with Gasteiger partial charge < -0.3 is 19.9 Å². The highest BCUT2D eigenvalue weighted by molar-refractivity contribution is 6.29. The van der Waals surface area contributed by atoms with Crippen LogP contribution in [0.15, 0.2) is 12.1 Å². The SMILES string of the molecule is CC(C)(C)OC(=O)NC1CCCN(c2nc3nc(Cl)ccc3[nH]2)C1. The van der Waals surface area contributed by atoms with Gasteiger partial charge in [-0.3, -0.25) is 0 Å². The van der Waals surface area contributed by atoms with Crippen LogP contribution in [-0.2, 0) is 4.74 Å². The van der Waals surface area contributed by atoms with Crippen LogP contribution in [0, 0.1) is 0 Å². The van der Waals surface area contributed by atoms with Gasteiger partial charge in [0.05, 0.1) is 5.52 Å². The molecule has 130 valence electrons. The highest BCUT2D eigenvalue weighted by Gasteiger charge is 2.25. The highest BCUT2D eigenvalue weighted by atomic mass is 35.5. The summed E-state index contributed by atoms with van der Waals surface area (Å²) in [5, 5.41) is 3.36. The van der Waals surface area contributed by atoms with Gasteiger partial charge in [-0.25, -0.2) is 9.78 Å². The fraction of sp³-hybridized carbons (Fsp3) is 0.562. The maximum Gasteiger partial charge on any atom is 0.407 e. The van der Waals surface area contributed by atoms with Crippen LogP contribution in [0.25, 0.3) is 11.2 Å². The smallest absolute Gasteiger partial charge is 0.407 e. The second-order valence-corrected chi connectivity index (χ2v) is 7.38. The van der Waals surface area contributed by atoms with Crippen LogP contribution < -0.4 is 10.2 Å². The van der Waals surface area contributed by atoms with Crippen molar-refractivity contribution in [3.8, 4) is 0 Å². The minimum absolute atomic E-state index is 0.0263. The van der Waals surface area contributed by atoms with E-state index in [1.807, 2.05) is 26.8 Å². The molecule has 0 aromatic carbocycles. The predicted molar refractivity (Wildman–Crippen MR) is 93.5 cm³/mol. The molecule has 1 saturated heterocycles. The molecule has 2 aromatic heterocycles. The second kappa shape index (κ2) is 6.47. The Kier molecular flexibility index (Phi) is 4.54. The molecular weight excluding hydrogens is 330 g/mol. The molecule has 3 rings (SSSR count). The van der Waals surface area contributed by atoms with Gasteiger partial charge in [-0.1, -0.05) is 11.6 Å². The number of rotatable bonds is 2. The van der Waals surface area contributed by atoms with E-state index in [0.29, 0.717) is 17.3 Å².